The van der Waals surface area contributed by atoms with E-state index < -0.39 is 24.1 Å². The number of carbonyl (C=O) groups is 1. The lowest BCUT2D eigenvalue weighted by molar-refractivity contribution is -0.124. The molecule has 0 N–H and O–H groups in total. The second kappa shape index (κ2) is 12.6. The molecule has 1 saturated heterocycles. The van der Waals surface area contributed by atoms with Gasteiger partial charge in [-0.05, 0) is 41.2 Å². The minimum absolute atomic E-state index is 0.132. The van der Waals surface area contributed by atoms with Gasteiger partial charge in [0.05, 0.1) is 24.2 Å². The molecule has 38 heavy (non-hydrogen) atoms. The van der Waals surface area contributed by atoms with Gasteiger partial charge >= 0.3 is 0 Å². The Balaban J connectivity index is 1.94. The predicted molar refractivity (Wildman–Crippen MR) is 157 cm³/mol. The molecule has 206 valence electrons. The normalized spacial score (nSPS) is 18.4. The van der Waals surface area contributed by atoms with Crippen LogP contribution in [0.2, 0.25) is 16.6 Å². The van der Waals surface area contributed by atoms with E-state index in [-0.39, 0.29) is 23.1 Å². The van der Waals surface area contributed by atoms with Crippen LogP contribution in [0.15, 0.2) is 59.5 Å². The van der Waals surface area contributed by atoms with Crippen molar-refractivity contribution in [2.24, 2.45) is 5.92 Å². The third-order valence-corrected chi connectivity index (χ3v) is 16.2. The van der Waals surface area contributed by atoms with Gasteiger partial charge in [-0.15, -0.1) is 11.5 Å². The second-order valence-corrected chi connectivity index (χ2v) is 18.8. The first kappa shape index (κ1) is 30.1. The molecular weight excluding hydrogens is 510 g/mol. The molecule has 0 aromatic heterocycles. The highest BCUT2D eigenvalue weighted by atomic mass is 32.2. The van der Waals surface area contributed by atoms with Gasteiger partial charge in [0.2, 0.25) is 5.91 Å². The van der Waals surface area contributed by atoms with Gasteiger partial charge in [0.1, 0.15) is 8.07 Å². The molecule has 0 spiro atoms. The Kier molecular flexibility index (Phi) is 10.0. The molecule has 1 amide bonds. The lowest BCUT2D eigenvalue weighted by Gasteiger charge is -2.38. The zero-order valence-corrected chi connectivity index (χ0v) is 25.7. The summed E-state index contributed by atoms with van der Waals surface area (Å²) in [6.07, 6.45) is 0.449. The summed E-state index contributed by atoms with van der Waals surface area (Å²) in [5, 5.41) is 0. The Hall–Kier alpha value is -2.40. The number of hydrogen-bond donors (Lipinski definition) is 0. The van der Waals surface area contributed by atoms with Crippen molar-refractivity contribution in [3.05, 3.63) is 65.7 Å². The van der Waals surface area contributed by atoms with Gasteiger partial charge in [0.15, 0.2) is 0 Å². The van der Waals surface area contributed by atoms with E-state index in [1.54, 1.807) is 24.3 Å². The summed E-state index contributed by atoms with van der Waals surface area (Å²) in [6.45, 7) is 16.2. The Morgan fingerprint density at radius 2 is 1.53 bits per heavy atom. The van der Waals surface area contributed by atoms with Gasteiger partial charge < -0.3 is 4.74 Å². The fraction of sp³-hybridized carbons (Fsp3) is 0.516. The van der Waals surface area contributed by atoms with Crippen molar-refractivity contribution < 1.29 is 17.9 Å². The van der Waals surface area contributed by atoms with Crippen molar-refractivity contribution >= 4 is 24.0 Å². The molecule has 0 aliphatic carbocycles. The zero-order valence-electron chi connectivity index (χ0n) is 23.9. The van der Waals surface area contributed by atoms with E-state index in [1.165, 1.54) is 0 Å². The monoisotopic (exact) mass is 553 g/mol. The largest absolute Gasteiger partial charge is 0.376 e. The molecular formula is C31H43NO4SSi. The van der Waals surface area contributed by atoms with Crippen LogP contribution in [-0.2, 0) is 26.2 Å². The summed E-state index contributed by atoms with van der Waals surface area (Å²) >= 11 is 0. The first-order chi connectivity index (χ1) is 17.9. The van der Waals surface area contributed by atoms with E-state index in [0.717, 1.165) is 15.4 Å². The molecule has 1 aliphatic rings. The fourth-order valence-corrected chi connectivity index (χ4v) is 13.0. The molecule has 7 heteroatoms. The van der Waals surface area contributed by atoms with E-state index in [1.807, 2.05) is 37.3 Å². The molecule has 3 rings (SSSR count). The molecule has 0 unspecified atom stereocenters. The molecule has 1 heterocycles. The number of hydrogen-bond acceptors (Lipinski definition) is 4. The zero-order chi connectivity index (χ0) is 28.1. The quantitative estimate of drug-likeness (QED) is 0.242. The van der Waals surface area contributed by atoms with E-state index in [0.29, 0.717) is 36.3 Å². The van der Waals surface area contributed by atoms with Crippen LogP contribution in [0.25, 0.3) is 0 Å². The van der Waals surface area contributed by atoms with Gasteiger partial charge in [-0.2, -0.15) is 0 Å². The maximum absolute atomic E-state index is 13.7. The number of sulfonamides is 1. The Morgan fingerprint density at radius 3 is 2.08 bits per heavy atom. The summed E-state index contributed by atoms with van der Waals surface area (Å²) in [7, 11) is -6.00. The molecule has 1 aliphatic heterocycles. The van der Waals surface area contributed by atoms with Crippen LogP contribution in [0.3, 0.4) is 0 Å². The first-order valence-electron chi connectivity index (χ1n) is 13.7. The van der Waals surface area contributed by atoms with Gasteiger partial charge in [-0.25, -0.2) is 12.7 Å². The van der Waals surface area contributed by atoms with Crippen LogP contribution < -0.4 is 0 Å². The molecule has 0 saturated carbocycles. The van der Waals surface area contributed by atoms with E-state index in [2.05, 4.69) is 53.0 Å². The number of benzene rings is 2. The summed E-state index contributed by atoms with van der Waals surface area (Å²) < 4.78 is 34.6. The van der Waals surface area contributed by atoms with E-state index >= 15 is 0 Å². The topological polar surface area (TPSA) is 63.7 Å². The Labute approximate surface area is 231 Å². The third kappa shape index (κ3) is 6.42. The summed E-state index contributed by atoms with van der Waals surface area (Å²) in [4.78, 5) is 13.4. The van der Waals surface area contributed by atoms with Gasteiger partial charge in [0, 0.05) is 18.8 Å². The van der Waals surface area contributed by atoms with Crippen LogP contribution in [0, 0.1) is 24.3 Å². The van der Waals surface area contributed by atoms with Gasteiger partial charge in [-0.1, -0.05) is 89.6 Å². The minimum atomic E-state index is -4.01. The Bertz CT molecular complexity index is 1220. The number of nitrogens with zero attached hydrogens (tertiary/aromatic N) is 1. The van der Waals surface area contributed by atoms with Crippen LogP contribution in [0.5, 0.6) is 0 Å². The molecule has 0 bridgehead atoms. The average molecular weight is 554 g/mol. The highest BCUT2D eigenvalue weighted by molar-refractivity contribution is 7.89. The second-order valence-electron chi connectivity index (χ2n) is 11.4. The Morgan fingerprint density at radius 1 is 0.947 bits per heavy atom. The summed E-state index contributed by atoms with van der Waals surface area (Å²) in [6, 6.07) is 16.0. The summed E-state index contributed by atoms with van der Waals surface area (Å²) in [5.74, 6) is 2.79. The smallest absolute Gasteiger partial charge is 0.266 e. The lowest BCUT2D eigenvalue weighted by atomic mass is 9.99. The van der Waals surface area contributed by atoms with Crippen molar-refractivity contribution in [1.82, 2.24) is 4.31 Å². The van der Waals surface area contributed by atoms with Crippen LogP contribution in [0.4, 0.5) is 0 Å². The molecule has 1 fully saturated rings. The number of carbonyl (C=O) groups excluding carboxylic acids is 1. The molecule has 2 atom stereocenters. The standard InChI is InChI=1S/C31H43NO4SSi/c1-23(2)38(24(3)4,25(5)6)19-11-14-30-28(22-36-21-27-12-9-8-10-13-27)20-31(33)32(30)37(34,35)29-17-15-26(7)16-18-29/h8-10,12-13,15-18,23-25,28,30H,14,20-22H2,1-7H3/t28-,30-/m0/s1. The molecule has 2 aromatic rings. The molecule has 2 aromatic carbocycles. The van der Waals surface area contributed by atoms with Gasteiger partial charge in [-0.3, -0.25) is 4.79 Å². The fourth-order valence-electron chi connectivity index (χ4n) is 6.03. The van der Waals surface area contributed by atoms with Crippen LogP contribution >= 0.6 is 0 Å². The third-order valence-electron chi connectivity index (χ3n) is 8.03. The highest BCUT2D eigenvalue weighted by Crippen LogP contribution is 2.41. The molecule has 5 nitrogen and oxygen atoms in total. The molecule has 0 radical (unpaired) electrons. The average Bonchev–Trinajstić information content (AvgIpc) is 3.17. The first-order valence-corrected chi connectivity index (χ1v) is 17.3. The maximum atomic E-state index is 13.7. The lowest BCUT2D eigenvalue weighted by Crippen LogP contribution is -2.43. The predicted octanol–water partition coefficient (Wildman–Crippen LogP) is 6.73. The van der Waals surface area contributed by atoms with E-state index in [9.17, 15) is 13.2 Å². The van der Waals surface area contributed by atoms with Crippen molar-refractivity contribution in [2.45, 2.75) is 95.5 Å². The highest BCUT2D eigenvalue weighted by Gasteiger charge is 2.47. The minimum Gasteiger partial charge on any atom is -0.376 e. The van der Waals surface area contributed by atoms with Crippen molar-refractivity contribution in [3.8, 4) is 11.5 Å². The number of rotatable bonds is 10. The summed E-state index contributed by atoms with van der Waals surface area (Å²) in [5.41, 5.74) is 7.12. The van der Waals surface area contributed by atoms with Crippen molar-refractivity contribution in [2.75, 3.05) is 6.61 Å². The van der Waals surface area contributed by atoms with Gasteiger partial charge in [0.25, 0.3) is 10.0 Å². The number of ether oxygens (including phenoxy) is 1. The van der Waals surface area contributed by atoms with E-state index in [4.69, 9.17) is 4.74 Å². The van der Waals surface area contributed by atoms with Crippen LogP contribution in [-0.4, -0.2) is 39.4 Å². The van der Waals surface area contributed by atoms with Crippen LogP contribution in [0.1, 0.15) is 65.5 Å². The van der Waals surface area contributed by atoms with Crippen molar-refractivity contribution in [3.63, 3.8) is 0 Å². The number of aryl methyl sites for hydroxylation is 1. The number of amides is 1. The van der Waals surface area contributed by atoms with Crippen molar-refractivity contribution in [1.29, 1.82) is 0 Å². The SMILES string of the molecule is Cc1ccc(S(=O)(=O)N2C(=O)C[C@@H](COCc3ccccc3)[C@@H]2CC#C[Si](C(C)C)(C(C)C)C(C)C)cc1. The maximum Gasteiger partial charge on any atom is 0.266 e.